The summed E-state index contributed by atoms with van der Waals surface area (Å²) in [4.78, 5) is 26.5. The molecule has 0 radical (unpaired) electrons. The van der Waals surface area contributed by atoms with Gasteiger partial charge in [0.25, 0.3) is 5.91 Å². The Labute approximate surface area is 230 Å². The third-order valence-electron chi connectivity index (χ3n) is 7.56. The van der Waals surface area contributed by atoms with E-state index in [1.807, 2.05) is 24.3 Å². The van der Waals surface area contributed by atoms with Gasteiger partial charge in [-0.2, -0.15) is 13.2 Å². The molecule has 7 nitrogen and oxygen atoms in total. The SMILES string of the molecule is C#CCN1CCC(Oc2ccc(N3C(=S)N(c4cnc(C=NC)c(C(F)(F)F)c4)C(=O)C34CCC4)cc2)CC1. The van der Waals surface area contributed by atoms with E-state index >= 15 is 0 Å². The van der Waals surface area contributed by atoms with E-state index in [1.54, 1.807) is 4.90 Å². The molecule has 5 rings (SSSR count). The van der Waals surface area contributed by atoms with Gasteiger partial charge in [-0.25, -0.2) is 0 Å². The maximum atomic E-state index is 13.8. The second-order valence-corrected chi connectivity index (χ2v) is 10.3. The molecular weight excluding hydrogens is 527 g/mol. The molecule has 11 heteroatoms. The lowest BCUT2D eigenvalue weighted by molar-refractivity contribution is -0.138. The van der Waals surface area contributed by atoms with Gasteiger partial charge in [-0.15, -0.1) is 6.42 Å². The first-order valence-corrected chi connectivity index (χ1v) is 13.2. The first-order valence-electron chi connectivity index (χ1n) is 12.8. The summed E-state index contributed by atoms with van der Waals surface area (Å²) in [7, 11) is 1.37. The van der Waals surface area contributed by atoms with Crippen molar-refractivity contribution in [3.8, 4) is 18.1 Å². The summed E-state index contributed by atoms with van der Waals surface area (Å²) in [5.41, 5.74) is -1.56. The van der Waals surface area contributed by atoms with Crippen LogP contribution in [0.15, 0.2) is 41.5 Å². The van der Waals surface area contributed by atoms with Crippen molar-refractivity contribution in [3.63, 3.8) is 0 Å². The number of terminal acetylenes is 1. The van der Waals surface area contributed by atoms with Gasteiger partial charge >= 0.3 is 6.18 Å². The van der Waals surface area contributed by atoms with E-state index in [4.69, 9.17) is 23.4 Å². The summed E-state index contributed by atoms with van der Waals surface area (Å²) < 4.78 is 47.6. The number of hydrogen-bond donors (Lipinski definition) is 0. The summed E-state index contributed by atoms with van der Waals surface area (Å²) in [5.74, 6) is 3.03. The molecule has 1 saturated carbocycles. The smallest absolute Gasteiger partial charge is 0.418 e. The Kier molecular flexibility index (Phi) is 7.35. The van der Waals surface area contributed by atoms with Crippen LogP contribution in [0.2, 0.25) is 0 Å². The fraction of sp³-hybridized carbons (Fsp3) is 0.429. The number of benzene rings is 1. The number of rotatable bonds is 6. The first kappa shape index (κ1) is 27.1. The lowest BCUT2D eigenvalue weighted by atomic mass is 9.75. The standard InChI is InChI=1S/C28H28F3N5O2S/c1-3-13-34-14-9-22(10-15-34)38-21-7-5-19(6-8-21)36-26(39)35(25(37)27(36)11-4-12-27)20-16-23(28(29,30)31)24(18-32-2)33-17-20/h1,5-8,16-18,22H,4,9-15H2,2H3. The van der Waals surface area contributed by atoms with Crippen LogP contribution < -0.4 is 14.5 Å². The molecule has 2 aromatic rings. The highest BCUT2D eigenvalue weighted by molar-refractivity contribution is 7.81. The average Bonchev–Trinajstić information content (AvgIpc) is 3.12. The number of aliphatic imine (C=N–C) groups is 1. The molecule has 204 valence electrons. The third-order valence-corrected chi connectivity index (χ3v) is 7.92. The van der Waals surface area contributed by atoms with Gasteiger partial charge in [0.1, 0.15) is 17.4 Å². The van der Waals surface area contributed by atoms with Crippen molar-refractivity contribution >= 4 is 40.8 Å². The quantitative estimate of drug-likeness (QED) is 0.293. The van der Waals surface area contributed by atoms with Crippen molar-refractivity contribution in [1.82, 2.24) is 9.88 Å². The number of piperidine rings is 1. The van der Waals surface area contributed by atoms with E-state index in [-0.39, 0.29) is 28.5 Å². The topological polar surface area (TPSA) is 61.3 Å². The van der Waals surface area contributed by atoms with Crippen molar-refractivity contribution in [2.24, 2.45) is 4.99 Å². The van der Waals surface area contributed by atoms with Gasteiger partial charge in [-0.05, 0) is 74.7 Å². The lowest BCUT2D eigenvalue weighted by Gasteiger charge is -2.43. The predicted octanol–water partition coefficient (Wildman–Crippen LogP) is 4.69. The fourth-order valence-electron chi connectivity index (χ4n) is 5.43. The van der Waals surface area contributed by atoms with Crippen LogP contribution in [-0.2, 0) is 11.0 Å². The van der Waals surface area contributed by atoms with Gasteiger partial charge in [-0.3, -0.25) is 24.6 Å². The zero-order valence-corrected chi connectivity index (χ0v) is 22.3. The number of nitrogens with zero attached hydrogens (tertiary/aromatic N) is 5. The fourth-order valence-corrected chi connectivity index (χ4v) is 5.90. The van der Waals surface area contributed by atoms with Crippen LogP contribution in [0.1, 0.15) is 43.4 Å². The van der Waals surface area contributed by atoms with Crippen molar-refractivity contribution in [1.29, 1.82) is 0 Å². The van der Waals surface area contributed by atoms with E-state index in [0.717, 1.165) is 44.6 Å². The molecule has 1 aliphatic carbocycles. The van der Waals surface area contributed by atoms with Crippen molar-refractivity contribution in [3.05, 3.63) is 47.8 Å². The van der Waals surface area contributed by atoms with Gasteiger partial charge in [0, 0.05) is 32.0 Å². The Morgan fingerprint density at radius 3 is 2.49 bits per heavy atom. The summed E-state index contributed by atoms with van der Waals surface area (Å²) in [6, 6.07) is 8.27. The second kappa shape index (κ2) is 10.6. The monoisotopic (exact) mass is 555 g/mol. The van der Waals surface area contributed by atoms with Crippen LogP contribution in [-0.4, -0.2) is 65.4 Å². The first-order chi connectivity index (χ1) is 18.7. The van der Waals surface area contributed by atoms with E-state index in [1.165, 1.54) is 18.1 Å². The number of likely N-dealkylation sites (tertiary alicyclic amines) is 1. The highest BCUT2D eigenvalue weighted by Crippen LogP contribution is 2.48. The number of ether oxygens (including phenoxy) is 1. The molecular formula is C28H28F3N5O2S. The molecule has 3 heterocycles. The van der Waals surface area contributed by atoms with E-state index in [0.29, 0.717) is 30.8 Å². The largest absolute Gasteiger partial charge is 0.490 e. The third kappa shape index (κ3) is 4.99. The number of halogens is 3. The van der Waals surface area contributed by atoms with Gasteiger partial charge < -0.3 is 9.64 Å². The highest BCUT2D eigenvalue weighted by Gasteiger charge is 2.59. The Bertz CT molecular complexity index is 1330. The molecule has 0 atom stereocenters. The molecule has 2 saturated heterocycles. The Morgan fingerprint density at radius 1 is 1.23 bits per heavy atom. The summed E-state index contributed by atoms with van der Waals surface area (Å²) in [6.45, 7) is 2.40. The Balaban J connectivity index is 1.39. The lowest BCUT2D eigenvalue weighted by Crippen LogP contribution is -2.55. The predicted molar refractivity (Wildman–Crippen MR) is 147 cm³/mol. The zero-order valence-electron chi connectivity index (χ0n) is 21.4. The summed E-state index contributed by atoms with van der Waals surface area (Å²) in [5, 5.41) is 0.126. The molecule has 39 heavy (non-hydrogen) atoms. The second-order valence-electron chi connectivity index (χ2n) is 9.95. The van der Waals surface area contributed by atoms with Gasteiger partial charge in [0.15, 0.2) is 5.11 Å². The minimum Gasteiger partial charge on any atom is -0.490 e. The number of hydrogen-bond acceptors (Lipinski definition) is 6. The number of alkyl halides is 3. The van der Waals surface area contributed by atoms with Crippen LogP contribution in [0.5, 0.6) is 5.75 Å². The van der Waals surface area contributed by atoms with Crippen molar-refractivity contribution in [2.75, 3.05) is 36.5 Å². The van der Waals surface area contributed by atoms with Crippen molar-refractivity contribution < 1.29 is 22.7 Å². The van der Waals surface area contributed by atoms with Crippen LogP contribution in [0.25, 0.3) is 0 Å². The normalized spacial score (nSPS) is 20.1. The molecule has 3 fully saturated rings. The van der Waals surface area contributed by atoms with Crippen molar-refractivity contribution in [2.45, 2.75) is 49.9 Å². The minimum atomic E-state index is -4.68. The number of pyridine rings is 1. The number of carbonyl (C=O) groups is 1. The molecule has 0 N–H and O–H groups in total. The minimum absolute atomic E-state index is 0.0181. The molecule has 0 unspecified atom stereocenters. The molecule has 3 aliphatic rings. The highest BCUT2D eigenvalue weighted by atomic mass is 32.1. The van der Waals surface area contributed by atoms with Gasteiger partial charge in [-0.1, -0.05) is 5.92 Å². The number of aromatic nitrogens is 1. The molecule has 2 aliphatic heterocycles. The molecule has 1 spiro atoms. The van der Waals surface area contributed by atoms with Crippen LogP contribution >= 0.6 is 12.2 Å². The molecule has 0 bridgehead atoms. The number of thiocarbonyl (C=S) groups is 1. The van der Waals surface area contributed by atoms with E-state index in [9.17, 15) is 18.0 Å². The maximum Gasteiger partial charge on any atom is 0.418 e. The number of anilines is 2. The number of amides is 1. The Morgan fingerprint density at radius 2 is 1.92 bits per heavy atom. The Hall–Kier alpha value is -3.49. The van der Waals surface area contributed by atoms with Gasteiger partial charge in [0.05, 0.1) is 29.7 Å². The van der Waals surface area contributed by atoms with Gasteiger partial charge in [0.2, 0.25) is 0 Å². The number of carbonyl (C=O) groups excluding carboxylic acids is 1. The van der Waals surface area contributed by atoms with Crippen LogP contribution in [0, 0.1) is 12.3 Å². The van der Waals surface area contributed by atoms with Crippen LogP contribution in [0.3, 0.4) is 0 Å². The summed E-state index contributed by atoms with van der Waals surface area (Å²) in [6.07, 6.45) is 6.77. The van der Waals surface area contributed by atoms with E-state index < -0.39 is 17.3 Å². The zero-order chi connectivity index (χ0) is 27.8. The molecule has 1 aromatic heterocycles. The maximum absolute atomic E-state index is 13.8. The molecule has 1 amide bonds. The van der Waals surface area contributed by atoms with E-state index in [2.05, 4.69) is 20.8 Å². The summed E-state index contributed by atoms with van der Waals surface area (Å²) >= 11 is 5.71. The average molecular weight is 556 g/mol. The molecule has 1 aromatic carbocycles. The van der Waals surface area contributed by atoms with Crippen LogP contribution in [0.4, 0.5) is 24.5 Å².